The first-order valence-corrected chi connectivity index (χ1v) is 8.07. The predicted molar refractivity (Wildman–Crippen MR) is 95.7 cm³/mol. The van der Waals surface area contributed by atoms with Crippen molar-refractivity contribution in [3.05, 3.63) is 71.5 Å². The third kappa shape index (κ3) is 3.23. The number of aromatic nitrogens is 2. The second-order valence-electron chi connectivity index (χ2n) is 5.07. The number of nitrogens with one attached hydrogen (secondary N) is 1. The van der Waals surface area contributed by atoms with E-state index in [0.29, 0.717) is 17.3 Å². The molecule has 0 spiro atoms. The second kappa shape index (κ2) is 6.33. The number of rotatable bonds is 4. The predicted octanol–water partition coefficient (Wildman–Crippen LogP) is 5.52. The van der Waals surface area contributed by atoms with E-state index in [2.05, 4.69) is 31.2 Å². The lowest BCUT2D eigenvalue weighted by Gasteiger charge is -2.03. The smallest absolute Gasteiger partial charge is 0.300 e. The molecule has 0 aliphatic heterocycles. The van der Waals surface area contributed by atoms with Crippen molar-refractivity contribution in [3.63, 3.8) is 0 Å². The van der Waals surface area contributed by atoms with Gasteiger partial charge in [-0.15, -0.1) is 0 Å². The quantitative estimate of drug-likeness (QED) is 0.504. The fourth-order valence-corrected chi connectivity index (χ4v) is 2.49. The maximum Gasteiger partial charge on any atom is 0.300 e. The normalized spacial score (nSPS) is 10.7. The van der Waals surface area contributed by atoms with Gasteiger partial charge in [0, 0.05) is 28.6 Å². The number of hydrogen-bond donors (Lipinski definition) is 1. The minimum atomic E-state index is 0.438. The van der Waals surface area contributed by atoms with Crippen LogP contribution in [0.25, 0.3) is 11.1 Å². The Morgan fingerprint density at radius 1 is 0.917 bits per heavy atom. The summed E-state index contributed by atoms with van der Waals surface area (Å²) in [6, 6.07) is 17.3. The van der Waals surface area contributed by atoms with Crippen LogP contribution < -0.4 is 10.1 Å². The maximum absolute atomic E-state index is 5.78. The first-order chi connectivity index (χ1) is 11.8. The molecule has 2 aromatic heterocycles. The van der Waals surface area contributed by atoms with Crippen LogP contribution in [0.15, 0.2) is 75.9 Å². The van der Waals surface area contributed by atoms with Crippen LogP contribution in [0.1, 0.15) is 0 Å². The van der Waals surface area contributed by atoms with Crippen LogP contribution in [0, 0.1) is 0 Å². The highest BCUT2D eigenvalue weighted by molar-refractivity contribution is 9.10. The third-order valence-corrected chi connectivity index (χ3v) is 3.87. The summed E-state index contributed by atoms with van der Waals surface area (Å²) in [5.74, 6) is 1.42. The van der Waals surface area contributed by atoms with E-state index in [1.54, 1.807) is 24.5 Å². The van der Waals surface area contributed by atoms with Crippen molar-refractivity contribution in [2.45, 2.75) is 0 Å². The minimum absolute atomic E-state index is 0.438. The Morgan fingerprint density at radius 3 is 2.50 bits per heavy atom. The fourth-order valence-electron chi connectivity index (χ4n) is 2.22. The number of hydrogen-bond acceptors (Lipinski definition) is 5. The first-order valence-electron chi connectivity index (χ1n) is 7.27. The molecule has 2 heterocycles. The highest BCUT2D eigenvalue weighted by Gasteiger charge is 2.08. The van der Waals surface area contributed by atoms with E-state index >= 15 is 0 Å². The number of pyridine rings is 1. The summed E-state index contributed by atoms with van der Waals surface area (Å²) in [6.07, 6.45) is 3.37. The zero-order valence-electron chi connectivity index (χ0n) is 12.4. The van der Waals surface area contributed by atoms with E-state index in [1.165, 1.54) is 0 Å². The molecular weight excluding hydrogens is 370 g/mol. The van der Waals surface area contributed by atoms with Gasteiger partial charge >= 0.3 is 0 Å². The Morgan fingerprint density at radius 2 is 1.71 bits per heavy atom. The molecule has 0 saturated carbocycles. The van der Waals surface area contributed by atoms with Gasteiger partial charge in [0.2, 0.25) is 0 Å². The highest BCUT2D eigenvalue weighted by Crippen LogP contribution is 2.28. The van der Waals surface area contributed by atoms with Gasteiger partial charge in [0.05, 0.1) is 0 Å². The van der Waals surface area contributed by atoms with Crippen molar-refractivity contribution < 1.29 is 9.15 Å². The molecular formula is C18H12BrN3O2. The van der Waals surface area contributed by atoms with Crippen molar-refractivity contribution in [1.82, 2.24) is 9.97 Å². The average Bonchev–Trinajstić information content (AvgIpc) is 2.99. The second-order valence-corrected chi connectivity index (χ2v) is 5.98. The van der Waals surface area contributed by atoms with E-state index in [9.17, 15) is 0 Å². The van der Waals surface area contributed by atoms with Gasteiger partial charge in [0.1, 0.15) is 17.0 Å². The molecule has 0 atom stereocenters. The molecule has 0 aliphatic rings. The number of ether oxygens (including phenoxy) is 1. The molecule has 24 heavy (non-hydrogen) atoms. The van der Waals surface area contributed by atoms with E-state index in [4.69, 9.17) is 9.15 Å². The summed E-state index contributed by atoms with van der Waals surface area (Å²) in [7, 11) is 0. The number of oxazole rings is 1. The monoisotopic (exact) mass is 381 g/mol. The summed E-state index contributed by atoms with van der Waals surface area (Å²) < 4.78 is 12.5. The molecule has 0 bridgehead atoms. The average molecular weight is 382 g/mol. The zero-order valence-corrected chi connectivity index (χ0v) is 14.0. The molecule has 2 aromatic carbocycles. The van der Waals surface area contributed by atoms with Crippen molar-refractivity contribution in [3.8, 4) is 11.5 Å². The molecule has 1 N–H and O–H groups in total. The lowest BCUT2D eigenvalue weighted by atomic mass is 10.3. The summed E-state index contributed by atoms with van der Waals surface area (Å²) in [5.41, 5.74) is 2.32. The standard InChI is InChI=1S/C18H12BrN3O2/c19-12-1-3-13(4-2-12)21-18-22-16-11-15(5-6-17(16)24-18)23-14-7-9-20-10-8-14/h1-11H,(H,21,22). The van der Waals surface area contributed by atoms with Crippen LogP contribution in [0.3, 0.4) is 0 Å². The Hall–Kier alpha value is -2.86. The van der Waals surface area contributed by atoms with Crippen molar-refractivity contribution in [2.75, 3.05) is 5.32 Å². The molecule has 0 fully saturated rings. The highest BCUT2D eigenvalue weighted by atomic mass is 79.9. The van der Waals surface area contributed by atoms with Crippen LogP contribution in [-0.4, -0.2) is 9.97 Å². The molecule has 0 saturated heterocycles. The van der Waals surface area contributed by atoms with Gasteiger partial charge < -0.3 is 14.5 Å². The van der Waals surface area contributed by atoms with Gasteiger partial charge in [-0.2, -0.15) is 4.98 Å². The van der Waals surface area contributed by atoms with Crippen LogP contribution in [-0.2, 0) is 0 Å². The van der Waals surface area contributed by atoms with E-state index in [-0.39, 0.29) is 0 Å². The van der Waals surface area contributed by atoms with Crippen molar-refractivity contribution >= 4 is 38.7 Å². The van der Waals surface area contributed by atoms with Gasteiger partial charge in [0.25, 0.3) is 6.01 Å². The van der Waals surface area contributed by atoms with E-state index in [1.807, 2.05) is 42.5 Å². The van der Waals surface area contributed by atoms with Gasteiger partial charge in [-0.3, -0.25) is 4.98 Å². The molecule has 5 nitrogen and oxygen atoms in total. The maximum atomic E-state index is 5.78. The number of fused-ring (bicyclic) bond motifs is 1. The largest absolute Gasteiger partial charge is 0.457 e. The lowest BCUT2D eigenvalue weighted by molar-refractivity contribution is 0.482. The molecule has 6 heteroatoms. The summed E-state index contributed by atoms with van der Waals surface area (Å²) in [6.45, 7) is 0. The zero-order chi connectivity index (χ0) is 16.4. The Bertz CT molecular complexity index is 969. The van der Waals surface area contributed by atoms with E-state index in [0.717, 1.165) is 21.4 Å². The molecule has 0 aliphatic carbocycles. The van der Waals surface area contributed by atoms with Crippen LogP contribution in [0.4, 0.5) is 11.7 Å². The fraction of sp³-hybridized carbons (Fsp3) is 0. The molecule has 0 amide bonds. The molecule has 4 rings (SSSR count). The van der Waals surface area contributed by atoms with Gasteiger partial charge in [-0.25, -0.2) is 0 Å². The minimum Gasteiger partial charge on any atom is -0.457 e. The van der Waals surface area contributed by atoms with Crippen molar-refractivity contribution in [1.29, 1.82) is 0 Å². The van der Waals surface area contributed by atoms with Gasteiger partial charge in [-0.05, 0) is 48.5 Å². The Balaban J connectivity index is 1.58. The summed E-state index contributed by atoms with van der Waals surface area (Å²) >= 11 is 3.41. The number of benzene rings is 2. The van der Waals surface area contributed by atoms with E-state index < -0.39 is 0 Å². The number of anilines is 2. The molecule has 0 unspecified atom stereocenters. The third-order valence-electron chi connectivity index (χ3n) is 3.34. The number of nitrogens with zero attached hydrogens (tertiary/aromatic N) is 2. The Labute approximate surface area is 146 Å². The first kappa shape index (κ1) is 14.7. The van der Waals surface area contributed by atoms with Crippen LogP contribution in [0.2, 0.25) is 0 Å². The molecule has 118 valence electrons. The van der Waals surface area contributed by atoms with Crippen molar-refractivity contribution in [2.24, 2.45) is 0 Å². The van der Waals surface area contributed by atoms with Gasteiger partial charge in [0.15, 0.2) is 5.58 Å². The van der Waals surface area contributed by atoms with Gasteiger partial charge in [-0.1, -0.05) is 15.9 Å². The lowest BCUT2D eigenvalue weighted by Crippen LogP contribution is -1.89. The molecule has 0 radical (unpaired) electrons. The molecule has 4 aromatic rings. The Kier molecular flexibility index (Phi) is 3.88. The topological polar surface area (TPSA) is 60.2 Å². The summed E-state index contributed by atoms with van der Waals surface area (Å²) in [4.78, 5) is 8.42. The number of halogens is 1. The van der Waals surface area contributed by atoms with Crippen LogP contribution in [0.5, 0.6) is 11.5 Å². The SMILES string of the molecule is Brc1ccc(Nc2nc3cc(Oc4ccncc4)ccc3o2)cc1. The van der Waals surface area contributed by atoms with Crippen LogP contribution >= 0.6 is 15.9 Å². The summed E-state index contributed by atoms with van der Waals surface area (Å²) in [5, 5.41) is 3.14.